The Kier molecular flexibility index (Phi) is 4.24. The van der Waals surface area contributed by atoms with Gasteiger partial charge in [-0.2, -0.15) is 13.2 Å². The Morgan fingerprint density at radius 3 is 2.50 bits per heavy atom. The van der Waals surface area contributed by atoms with E-state index < -0.39 is 17.8 Å². The summed E-state index contributed by atoms with van der Waals surface area (Å²) in [5.41, 5.74) is 5.94. The smallest absolute Gasteiger partial charge is 0.416 e. The van der Waals surface area contributed by atoms with Crippen molar-refractivity contribution in [2.75, 3.05) is 6.61 Å². The molecule has 0 saturated heterocycles. The van der Waals surface area contributed by atoms with Gasteiger partial charge in [-0.25, -0.2) is 4.98 Å². The number of aromatic nitrogens is 1. The first-order chi connectivity index (χ1) is 9.47. The molecule has 0 aliphatic carbocycles. The van der Waals surface area contributed by atoms with Gasteiger partial charge in [-0.15, -0.1) is 0 Å². The largest absolute Gasteiger partial charge is 0.476 e. The zero-order valence-corrected chi connectivity index (χ0v) is 10.5. The molecule has 6 heteroatoms. The molecule has 106 valence electrons. The van der Waals surface area contributed by atoms with Crippen LogP contribution in [0.2, 0.25) is 0 Å². The molecule has 20 heavy (non-hydrogen) atoms. The van der Waals surface area contributed by atoms with Crippen LogP contribution in [0.1, 0.15) is 17.2 Å². The zero-order chi connectivity index (χ0) is 14.6. The van der Waals surface area contributed by atoms with E-state index in [1.54, 1.807) is 0 Å². The second kappa shape index (κ2) is 5.92. The van der Waals surface area contributed by atoms with Gasteiger partial charge in [0.25, 0.3) is 0 Å². The minimum atomic E-state index is -4.41. The molecular formula is C14H13F3N2O. The molecule has 0 radical (unpaired) electrons. The lowest BCUT2D eigenvalue weighted by Gasteiger charge is -2.14. The monoisotopic (exact) mass is 282 g/mol. The third-order valence-corrected chi connectivity index (χ3v) is 2.70. The predicted molar refractivity (Wildman–Crippen MR) is 68.1 cm³/mol. The van der Waals surface area contributed by atoms with Gasteiger partial charge in [0.1, 0.15) is 6.61 Å². The second-order valence-corrected chi connectivity index (χ2v) is 4.21. The molecule has 2 N–H and O–H groups in total. The van der Waals surface area contributed by atoms with Gasteiger partial charge in [0.05, 0.1) is 11.6 Å². The second-order valence-electron chi connectivity index (χ2n) is 4.21. The highest BCUT2D eigenvalue weighted by molar-refractivity contribution is 5.23. The Morgan fingerprint density at radius 1 is 1.15 bits per heavy atom. The fourth-order valence-electron chi connectivity index (χ4n) is 1.64. The molecular weight excluding hydrogens is 269 g/mol. The number of halogens is 3. The summed E-state index contributed by atoms with van der Waals surface area (Å²) in [6.45, 7) is 0.0539. The van der Waals surface area contributed by atoms with Crippen LogP contribution in [-0.4, -0.2) is 11.6 Å². The molecule has 0 aliphatic rings. The van der Waals surface area contributed by atoms with Crippen molar-refractivity contribution in [3.63, 3.8) is 0 Å². The van der Waals surface area contributed by atoms with Crippen LogP contribution in [0.5, 0.6) is 5.88 Å². The van der Waals surface area contributed by atoms with Crippen molar-refractivity contribution < 1.29 is 17.9 Å². The molecule has 0 fully saturated rings. The minimum absolute atomic E-state index is 0.0539. The third kappa shape index (κ3) is 3.71. The molecule has 0 amide bonds. The number of hydrogen-bond acceptors (Lipinski definition) is 3. The molecule has 1 atom stereocenters. The molecule has 0 saturated carbocycles. The summed E-state index contributed by atoms with van der Waals surface area (Å²) < 4.78 is 42.8. The first kappa shape index (κ1) is 14.3. The molecule has 2 aromatic rings. The lowest BCUT2D eigenvalue weighted by Crippen LogP contribution is -2.19. The van der Waals surface area contributed by atoms with Gasteiger partial charge in [-0.1, -0.05) is 30.3 Å². The Bertz CT molecular complexity index is 558. The van der Waals surface area contributed by atoms with Crippen LogP contribution in [-0.2, 0) is 6.18 Å². The van der Waals surface area contributed by atoms with Crippen molar-refractivity contribution in [1.82, 2.24) is 4.98 Å². The maximum atomic E-state index is 12.5. The van der Waals surface area contributed by atoms with E-state index >= 15 is 0 Å². The molecule has 0 aliphatic heterocycles. The van der Waals surface area contributed by atoms with Crippen molar-refractivity contribution in [3.8, 4) is 5.88 Å². The highest BCUT2D eigenvalue weighted by Crippen LogP contribution is 2.30. The molecule has 0 spiro atoms. The number of benzene rings is 1. The van der Waals surface area contributed by atoms with Crippen LogP contribution in [0.4, 0.5) is 13.2 Å². The lowest BCUT2D eigenvalue weighted by atomic mass is 10.1. The maximum absolute atomic E-state index is 12.5. The summed E-state index contributed by atoms with van der Waals surface area (Å²) in [4.78, 5) is 3.74. The van der Waals surface area contributed by atoms with E-state index in [0.717, 1.165) is 23.9 Å². The summed E-state index contributed by atoms with van der Waals surface area (Å²) in [7, 11) is 0. The van der Waals surface area contributed by atoms with Crippen molar-refractivity contribution in [1.29, 1.82) is 0 Å². The molecule has 0 bridgehead atoms. The normalized spacial score (nSPS) is 13.0. The van der Waals surface area contributed by atoms with Crippen molar-refractivity contribution >= 4 is 0 Å². The number of nitrogens with zero attached hydrogens (tertiary/aromatic N) is 1. The van der Waals surface area contributed by atoms with Crippen LogP contribution < -0.4 is 10.5 Å². The first-order valence-corrected chi connectivity index (χ1v) is 5.93. The van der Waals surface area contributed by atoms with Gasteiger partial charge >= 0.3 is 6.18 Å². The van der Waals surface area contributed by atoms with Crippen LogP contribution in [0.15, 0.2) is 48.7 Å². The van der Waals surface area contributed by atoms with Gasteiger partial charge in [-0.05, 0) is 11.6 Å². The van der Waals surface area contributed by atoms with E-state index in [1.165, 1.54) is 0 Å². The number of alkyl halides is 3. The summed E-state index contributed by atoms with van der Waals surface area (Å²) in [5.74, 6) is -0.0915. The fraction of sp³-hybridized carbons (Fsp3) is 0.214. The highest BCUT2D eigenvalue weighted by atomic mass is 19.4. The third-order valence-electron chi connectivity index (χ3n) is 2.70. The van der Waals surface area contributed by atoms with Crippen LogP contribution >= 0.6 is 0 Å². The summed E-state index contributed by atoms with van der Waals surface area (Å²) >= 11 is 0. The summed E-state index contributed by atoms with van der Waals surface area (Å²) in [6, 6.07) is 10.5. The Hall–Kier alpha value is -2.08. The SMILES string of the molecule is NC(COc1cc(C(F)(F)F)ccn1)c1ccccc1. The zero-order valence-electron chi connectivity index (χ0n) is 10.5. The Morgan fingerprint density at radius 2 is 1.85 bits per heavy atom. The van der Waals surface area contributed by atoms with E-state index in [0.29, 0.717) is 0 Å². The average molecular weight is 282 g/mol. The predicted octanol–water partition coefficient (Wildman–Crippen LogP) is 3.18. The quantitative estimate of drug-likeness (QED) is 0.937. The van der Waals surface area contributed by atoms with Gasteiger partial charge < -0.3 is 10.5 Å². The van der Waals surface area contributed by atoms with E-state index in [1.807, 2.05) is 30.3 Å². The average Bonchev–Trinajstić information content (AvgIpc) is 2.45. The minimum Gasteiger partial charge on any atom is -0.476 e. The summed E-state index contributed by atoms with van der Waals surface area (Å²) in [6.07, 6.45) is -3.35. The van der Waals surface area contributed by atoms with E-state index in [-0.39, 0.29) is 12.5 Å². The van der Waals surface area contributed by atoms with E-state index in [9.17, 15) is 13.2 Å². The molecule has 2 rings (SSSR count). The molecule has 1 unspecified atom stereocenters. The van der Waals surface area contributed by atoms with Crippen LogP contribution in [0.25, 0.3) is 0 Å². The van der Waals surface area contributed by atoms with Crippen molar-refractivity contribution in [2.24, 2.45) is 5.73 Å². The number of hydrogen-bond donors (Lipinski definition) is 1. The van der Waals surface area contributed by atoms with E-state index in [2.05, 4.69) is 4.98 Å². The van der Waals surface area contributed by atoms with Gasteiger partial charge in [0.15, 0.2) is 0 Å². The number of nitrogens with two attached hydrogens (primary N) is 1. The van der Waals surface area contributed by atoms with E-state index in [4.69, 9.17) is 10.5 Å². The molecule has 1 aromatic heterocycles. The fourth-order valence-corrected chi connectivity index (χ4v) is 1.64. The molecule has 3 nitrogen and oxygen atoms in total. The van der Waals surface area contributed by atoms with Crippen molar-refractivity contribution in [2.45, 2.75) is 12.2 Å². The van der Waals surface area contributed by atoms with Gasteiger partial charge in [0, 0.05) is 12.3 Å². The van der Waals surface area contributed by atoms with Gasteiger partial charge in [0.2, 0.25) is 5.88 Å². The topological polar surface area (TPSA) is 48.1 Å². The standard InChI is InChI=1S/C14H13F3N2O/c15-14(16,17)11-6-7-19-13(8-11)20-9-12(18)10-4-2-1-3-5-10/h1-8,12H,9,18H2. The first-order valence-electron chi connectivity index (χ1n) is 5.93. The maximum Gasteiger partial charge on any atom is 0.416 e. The number of pyridine rings is 1. The van der Waals surface area contributed by atoms with Gasteiger partial charge in [-0.3, -0.25) is 0 Å². The lowest BCUT2D eigenvalue weighted by molar-refractivity contribution is -0.137. The molecule has 1 heterocycles. The van der Waals surface area contributed by atoms with Crippen molar-refractivity contribution in [3.05, 3.63) is 59.8 Å². The van der Waals surface area contributed by atoms with Crippen LogP contribution in [0, 0.1) is 0 Å². The highest BCUT2D eigenvalue weighted by Gasteiger charge is 2.31. The van der Waals surface area contributed by atoms with Crippen LogP contribution in [0.3, 0.4) is 0 Å². The number of rotatable bonds is 4. The number of ether oxygens (including phenoxy) is 1. The summed E-state index contributed by atoms with van der Waals surface area (Å²) in [5, 5.41) is 0. The Balaban J connectivity index is 2.01. The Labute approximate surface area is 114 Å². The molecule has 1 aromatic carbocycles.